The van der Waals surface area contributed by atoms with Crippen molar-refractivity contribution in [3.63, 3.8) is 0 Å². The second-order valence-electron chi connectivity index (χ2n) is 5.39. The number of furan rings is 1. The van der Waals surface area contributed by atoms with Gasteiger partial charge in [0.1, 0.15) is 6.04 Å². The summed E-state index contributed by atoms with van der Waals surface area (Å²) < 4.78 is 5.00. The van der Waals surface area contributed by atoms with Crippen LogP contribution in [0.2, 0.25) is 0 Å². The van der Waals surface area contributed by atoms with E-state index >= 15 is 0 Å². The molecule has 1 atom stereocenters. The van der Waals surface area contributed by atoms with E-state index in [-0.39, 0.29) is 23.6 Å². The molecule has 6 heteroatoms. The molecule has 0 aromatic carbocycles. The molecule has 0 bridgehead atoms. The van der Waals surface area contributed by atoms with Crippen molar-refractivity contribution in [1.29, 1.82) is 0 Å². The molecular formula is C15H23N3O3. The van der Waals surface area contributed by atoms with Gasteiger partial charge in [-0.3, -0.25) is 9.59 Å². The van der Waals surface area contributed by atoms with Crippen LogP contribution in [-0.4, -0.2) is 48.4 Å². The Labute approximate surface area is 124 Å². The molecule has 0 spiro atoms. The summed E-state index contributed by atoms with van der Waals surface area (Å²) in [4.78, 5) is 26.3. The minimum atomic E-state index is -0.577. The molecule has 1 aromatic heterocycles. The summed E-state index contributed by atoms with van der Waals surface area (Å²) in [5.41, 5.74) is 0. The molecule has 21 heavy (non-hydrogen) atoms. The molecule has 1 aromatic rings. The van der Waals surface area contributed by atoms with Crippen LogP contribution in [0.3, 0.4) is 0 Å². The van der Waals surface area contributed by atoms with E-state index in [1.807, 2.05) is 0 Å². The maximum Gasteiger partial charge on any atom is 0.287 e. The van der Waals surface area contributed by atoms with Crippen LogP contribution in [-0.2, 0) is 4.79 Å². The average molecular weight is 293 g/mol. The third kappa shape index (κ3) is 4.32. The van der Waals surface area contributed by atoms with Gasteiger partial charge in [-0.05, 0) is 38.4 Å². The van der Waals surface area contributed by atoms with E-state index in [1.165, 1.54) is 6.26 Å². The van der Waals surface area contributed by atoms with Gasteiger partial charge in [0.15, 0.2) is 5.76 Å². The fourth-order valence-electron chi connectivity index (χ4n) is 2.46. The fourth-order valence-corrected chi connectivity index (χ4v) is 2.46. The zero-order valence-corrected chi connectivity index (χ0v) is 12.6. The molecule has 116 valence electrons. The Bertz CT molecular complexity index is 465. The monoisotopic (exact) mass is 293 g/mol. The first kappa shape index (κ1) is 15.6. The maximum atomic E-state index is 12.1. The number of carbonyl (C=O) groups is 2. The van der Waals surface area contributed by atoms with Gasteiger partial charge in [-0.25, -0.2) is 0 Å². The Hall–Kier alpha value is -1.82. The van der Waals surface area contributed by atoms with E-state index in [2.05, 4.69) is 22.5 Å². The summed E-state index contributed by atoms with van der Waals surface area (Å²) in [6.07, 6.45) is 3.35. The Balaban J connectivity index is 1.76. The highest BCUT2D eigenvalue weighted by molar-refractivity contribution is 5.95. The van der Waals surface area contributed by atoms with Crippen LogP contribution in [0.15, 0.2) is 22.8 Å². The number of amides is 2. The summed E-state index contributed by atoms with van der Waals surface area (Å²) in [5.74, 6) is -0.306. The van der Waals surface area contributed by atoms with Gasteiger partial charge < -0.3 is 20.0 Å². The first-order valence-electron chi connectivity index (χ1n) is 7.47. The quantitative estimate of drug-likeness (QED) is 0.849. The molecule has 1 fully saturated rings. The van der Waals surface area contributed by atoms with E-state index in [9.17, 15) is 9.59 Å². The molecule has 1 aliphatic heterocycles. The first-order chi connectivity index (χ1) is 10.1. The van der Waals surface area contributed by atoms with Gasteiger partial charge in [0, 0.05) is 19.1 Å². The summed E-state index contributed by atoms with van der Waals surface area (Å²) in [7, 11) is 0. The van der Waals surface area contributed by atoms with Crippen molar-refractivity contribution in [1.82, 2.24) is 15.5 Å². The molecule has 2 amide bonds. The number of likely N-dealkylation sites (tertiary alicyclic amines) is 1. The molecule has 6 nitrogen and oxygen atoms in total. The lowest BCUT2D eigenvalue weighted by Crippen LogP contribution is -2.51. The largest absolute Gasteiger partial charge is 0.459 e. The highest BCUT2D eigenvalue weighted by atomic mass is 16.3. The number of hydrogen-bond donors (Lipinski definition) is 2. The zero-order chi connectivity index (χ0) is 15.2. The van der Waals surface area contributed by atoms with Crippen molar-refractivity contribution in [2.75, 3.05) is 19.6 Å². The lowest BCUT2D eigenvalue weighted by Gasteiger charge is -2.32. The lowest BCUT2D eigenvalue weighted by molar-refractivity contribution is -0.123. The van der Waals surface area contributed by atoms with E-state index in [0.29, 0.717) is 0 Å². The summed E-state index contributed by atoms with van der Waals surface area (Å²) in [5, 5.41) is 5.64. The molecule has 1 aliphatic rings. The van der Waals surface area contributed by atoms with Crippen LogP contribution in [0.1, 0.15) is 37.2 Å². The van der Waals surface area contributed by atoms with Crippen molar-refractivity contribution >= 4 is 11.8 Å². The van der Waals surface area contributed by atoms with Gasteiger partial charge in [0.05, 0.1) is 6.26 Å². The average Bonchev–Trinajstić information content (AvgIpc) is 3.02. The molecule has 1 saturated heterocycles. The van der Waals surface area contributed by atoms with Crippen LogP contribution in [0.25, 0.3) is 0 Å². The second-order valence-corrected chi connectivity index (χ2v) is 5.39. The zero-order valence-electron chi connectivity index (χ0n) is 12.6. The van der Waals surface area contributed by atoms with Gasteiger partial charge in [-0.2, -0.15) is 0 Å². The van der Waals surface area contributed by atoms with Gasteiger partial charge in [0.25, 0.3) is 5.91 Å². The van der Waals surface area contributed by atoms with Gasteiger partial charge >= 0.3 is 0 Å². The number of nitrogens with zero attached hydrogens (tertiary/aromatic N) is 1. The van der Waals surface area contributed by atoms with Gasteiger partial charge in [0.2, 0.25) is 5.91 Å². The molecule has 0 saturated carbocycles. The molecule has 2 N–H and O–H groups in total. The van der Waals surface area contributed by atoms with Crippen LogP contribution in [0.5, 0.6) is 0 Å². The fraction of sp³-hybridized carbons (Fsp3) is 0.600. The van der Waals surface area contributed by atoms with Crippen LogP contribution < -0.4 is 10.6 Å². The molecule has 0 aliphatic carbocycles. The summed E-state index contributed by atoms with van der Waals surface area (Å²) in [6.45, 7) is 6.89. The van der Waals surface area contributed by atoms with Crippen LogP contribution in [0, 0.1) is 0 Å². The minimum absolute atomic E-state index is 0.148. The number of carbonyl (C=O) groups excluding carboxylic acids is 2. The van der Waals surface area contributed by atoms with Crippen molar-refractivity contribution in [3.05, 3.63) is 24.2 Å². The molecule has 2 heterocycles. The standard InChI is InChI=1S/C15H23N3O3/c1-3-18-8-6-12(7-9-18)17-14(19)11(2)16-15(20)13-5-4-10-21-13/h4-5,10-12H,3,6-9H2,1-2H3,(H,16,20)(H,17,19)/t11-/m1/s1. The second kappa shape index (κ2) is 7.26. The number of nitrogens with one attached hydrogen (secondary N) is 2. The minimum Gasteiger partial charge on any atom is -0.459 e. The van der Waals surface area contributed by atoms with Crippen LogP contribution >= 0.6 is 0 Å². The lowest BCUT2D eigenvalue weighted by atomic mass is 10.0. The van der Waals surface area contributed by atoms with Gasteiger partial charge in [-0.15, -0.1) is 0 Å². The van der Waals surface area contributed by atoms with Gasteiger partial charge in [-0.1, -0.05) is 6.92 Å². The summed E-state index contributed by atoms with van der Waals surface area (Å²) >= 11 is 0. The predicted octanol–water partition coefficient (Wildman–Crippen LogP) is 0.998. The Morgan fingerprint density at radius 1 is 1.43 bits per heavy atom. The van der Waals surface area contributed by atoms with Crippen LogP contribution in [0.4, 0.5) is 0 Å². The highest BCUT2D eigenvalue weighted by Gasteiger charge is 2.23. The van der Waals surface area contributed by atoms with E-state index in [0.717, 1.165) is 32.5 Å². The first-order valence-corrected chi connectivity index (χ1v) is 7.47. The number of rotatable bonds is 5. The van der Waals surface area contributed by atoms with Crippen molar-refractivity contribution in [2.24, 2.45) is 0 Å². The predicted molar refractivity (Wildman–Crippen MR) is 78.9 cm³/mol. The molecule has 2 rings (SSSR count). The Morgan fingerprint density at radius 3 is 2.71 bits per heavy atom. The van der Waals surface area contributed by atoms with E-state index in [4.69, 9.17) is 4.42 Å². The number of hydrogen-bond acceptors (Lipinski definition) is 4. The number of piperidine rings is 1. The molecular weight excluding hydrogens is 270 g/mol. The third-order valence-corrected chi connectivity index (χ3v) is 3.87. The molecule has 0 radical (unpaired) electrons. The molecule has 0 unspecified atom stereocenters. The highest BCUT2D eigenvalue weighted by Crippen LogP contribution is 2.10. The Kier molecular flexibility index (Phi) is 5.38. The summed E-state index contributed by atoms with van der Waals surface area (Å²) in [6, 6.07) is 2.83. The Morgan fingerprint density at radius 2 is 2.14 bits per heavy atom. The van der Waals surface area contributed by atoms with E-state index < -0.39 is 6.04 Å². The third-order valence-electron chi connectivity index (χ3n) is 3.87. The smallest absolute Gasteiger partial charge is 0.287 e. The van der Waals surface area contributed by atoms with Crippen molar-refractivity contribution in [2.45, 2.75) is 38.8 Å². The van der Waals surface area contributed by atoms with Crippen molar-refractivity contribution in [3.8, 4) is 0 Å². The van der Waals surface area contributed by atoms with Crippen molar-refractivity contribution < 1.29 is 14.0 Å². The maximum absolute atomic E-state index is 12.1. The topological polar surface area (TPSA) is 74.6 Å². The SMILES string of the molecule is CCN1CCC(NC(=O)[C@@H](C)NC(=O)c2ccco2)CC1. The van der Waals surface area contributed by atoms with E-state index in [1.54, 1.807) is 19.1 Å². The normalized spacial score (nSPS) is 18.2.